The van der Waals surface area contributed by atoms with Crippen LogP contribution in [0.15, 0.2) is 0 Å². The lowest BCUT2D eigenvalue weighted by Gasteiger charge is -2.45. The van der Waals surface area contributed by atoms with Crippen LogP contribution in [0.5, 0.6) is 0 Å². The van der Waals surface area contributed by atoms with Crippen LogP contribution in [0, 0.1) is 0 Å². The third kappa shape index (κ3) is 20.6. The average molecular weight is 688 g/mol. The molecule has 1 unspecified atom stereocenters. The molecule has 13 heteroatoms. The number of hydrogen-bond acceptors (Lipinski definition) is 12. The number of aliphatic hydroxyl groups excluding tert-OH is 1. The second-order valence-corrected chi connectivity index (χ2v) is 12.6. The smallest absolute Gasteiger partial charge is 0.305 e. The molecular formula is C35H61NO12. The van der Waals surface area contributed by atoms with Gasteiger partial charge in [-0.05, 0) is 6.42 Å². The van der Waals surface area contributed by atoms with Crippen LogP contribution >= 0.6 is 0 Å². The van der Waals surface area contributed by atoms with Crippen molar-refractivity contribution in [2.75, 3.05) is 19.8 Å². The highest BCUT2D eigenvalue weighted by molar-refractivity contribution is 5.73. The molecule has 1 rings (SSSR count). The maximum absolute atomic E-state index is 12.2. The summed E-state index contributed by atoms with van der Waals surface area (Å²) in [4.78, 5) is 59.6. The van der Waals surface area contributed by atoms with Gasteiger partial charge in [0.2, 0.25) is 5.91 Å². The van der Waals surface area contributed by atoms with E-state index in [1.165, 1.54) is 84.5 Å². The Bertz CT molecular complexity index is 945. The van der Waals surface area contributed by atoms with Crippen LogP contribution in [0.25, 0.3) is 0 Å². The van der Waals surface area contributed by atoms with Gasteiger partial charge in [0.05, 0.1) is 6.61 Å². The Kier molecular flexibility index (Phi) is 23.6. The van der Waals surface area contributed by atoms with Crippen LogP contribution in [0.3, 0.4) is 0 Å². The molecule has 6 atom stereocenters. The van der Waals surface area contributed by atoms with Gasteiger partial charge in [-0.3, -0.25) is 24.0 Å². The molecule has 278 valence electrons. The summed E-state index contributed by atoms with van der Waals surface area (Å²) in [7, 11) is 0. The Morgan fingerprint density at radius 1 is 0.667 bits per heavy atom. The minimum atomic E-state index is -1.32. The zero-order valence-electron chi connectivity index (χ0n) is 29.8. The number of aliphatic hydroxyl groups is 1. The summed E-state index contributed by atoms with van der Waals surface area (Å²) in [5.74, 6) is -3.04. The fourth-order valence-corrected chi connectivity index (χ4v) is 5.59. The summed E-state index contributed by atoms with van der Waals surface area (Å²) in [5.41, 5.74) is 0. The number of amides is 1. The van der Waals surface area contributed by atoms with E-state index in [1.807, 2.05) is 0 Å². The van der Waals surface area contributed by atoms with Crippen LogP contribution in [-0.2, 0) is 52.4 Å². The van der Waals surface area contributed by atoms with Crippen molar-refractivity contribution in [1.29, 1.82) is 0 Å². The SMILES string of the molecule is CCCCCCCCCCCCCCCCCC(=O)OCC(O)CO[C@H]1O[C@H](COC(C)=O)[C@@H](OC(C)=O)[C@H](OC(C)=O)[C@H]1NC(C)=O. The summed E-state index contributed by atoms with van der Waals surface area (Å²) in [6, 6.07) is -1.16. The monoisotopic (exact) mass is 687 g/mol. The van der Waals surface area contributed by atoms with E-state index in [0.717, 1.165) is 33.1 Å². The van der Waals surface area contributed by atoms with Gasteiger partial charge in [-0.25, -0.2) is 0 Å². The molecule has 1 heterocycles. The van der Waals surface area contributed by atoms with Gasteiger partial charge in [0, 0.05) is 34.1 Å². The lowest BCUT2D eigenvalue weighted by Crippen LogP contribution is -2.66. The lowest BCUT2D eigenvalue weighted by atomic mass is 9.96. The van der Waals surface area contributed by atoms with Gasteiger partial charge in [-0.15, -0.1) is 0 Å². The Morgan fingerprint density at radius 3 is 1.65 bits per heavy atom. The van der Waals surface area contributed by atoms with Gasteiger partial charge in [-0.2, -0.15) is 0 Å². The Labute approximate surface area is 286 Å². The highest BCUT2D eigenvalue weighted by atomic mass is 16.7. The first kappa shape index (κ1) is 43.3. The number of rotatable bonds is 26. The number of ether oxygens (including phenoxy) is 6. The standard InChI is InChI=1S/C35H61NO12/c1-6-7-8-9-10-11-12-13-14-15-16-17-18-19-20-21-31(42)44-22-29(41)23-45-35-32(36-25(2)37)34(47-28(5)40)33(46-27(4)39)30(48-35)24-43-26(3)38/h29-30,32-35,41H,6-24H2,1-5H3,(H,36,37)/t29?,30-,32-,33-,34-,35+/m1/s1. The molecule has 0 bridgehead atoms. The van der Waals surface area contributed by atoms with Gasteiger partial charge < -0.3 is 38.8 Å². The second kappa shape index (κ2) is 26.1. The van der Waals surface area contributed by atoms with Crippen molar-refractivity contribution in [3.05, 3.63) is 0 Å². The van der Waals surface area contributed by atoms with Crippen LogP contribution in [0.1, 0.15) is 137 Å². The quantitative estimate of drug-likeness (QED) is 0.0722. The van der Waals surface area contributed by atoms with Crippen LogP contribution in [0.2, 0.25) is 0 Å². The number of esters is 4. The molecule has 0 aliphatic carbocycles. The van der Waals surface area contributed by atoms with E-state index in [2.05, 4.69) is 12.2 Å². The molecule has 2 N–H and O–H groups in total. The molecule has 0 aromatic rings. The first-order valence-corrected chi connectivity index (χ1v) is 17.8. The molecule has 0 aromatic carbocycles. The molecule has 1 aliphatic rings. The molecule has 1 amide bonds. The second-order valence-electron chi connectivity index (χ2n) is 12.6. The van der Waals surface area contributed by atoms with Crippen LogP contribution in [-0.4, -0.2) is 91.5 Å². The molecular weight excluding hydrogens is 626 g/mol. The zero-order chi connectivity index (χ0) is 35.7. The van der Waals surface area contributed by atoms with Gasteiger partial charge in [0.25, 0.3) is 0 Å². The normalized spacial score (nSPS) is 21.2. The fourth-order valence-electron chi connectivity index (χ4n) is 5.59. The van der Waals surface area contributed by atoms with Crippen LogP contribution < -0.4 is 5.32 Å². The van der Waals surface area contributed by atoms with Gasteiger partial charge in [0.15, 0.2) is 18.5 Å². The van der Waals surface area contributed by atoms with E-state index in [4.69, 9.17) is 28.4 Å². The van der Waals surface area contributed by atoms with Crippen molar-refractivity contribution in [2.45, 2.75) is 174 Å². The Balaban J connectivity index is 2.45. The predicted molar refractivity (Wildman–Crippen MR) is 176 cm³/mol. The van der Waals surface area contributed by atoms with E-state index in [1.54, 1.807) is 0 Å². The molecule has 1 aliphatic heterocycles. The van der Waals surface area contributed by atoms with E-state index < -0.39 is 66.5 Å². The largest absolute Gasteiger partial charge is 0.463 e. The van der Waals surface area contributed by atoms with Crippen molar-refractivity contribution in [2.24, 2.45) is 0 Å². The van der Waals surface area contributed by atoms with E-state index in [9.17, 15) is 29.1 Å². The molecule has 0 saturated carbocycles. The van der Waals surface area contributed by atoms with Gasteiger partial charge in [-0.1, -0.05) is 96.8 Å². The summed E-state index contributed by atoms with van der Waals surface area (Å²) in [5, 5.41) is 13.0. The minimum absolute atomic E-state index is 0.252. The lowest BCUT2D eigenvalue weighted by molar-refractivity contribution is -0.281. The summed E-state index contributed by atoms with van der Waals surface area (Å²) < 4.78 is 32.6. The predicted octanol–water partition coefficient (Wildman–Crippen LogP) is 4.82. The first-order chi connectivity index (χ1) is 22.9. The third-order valence-electron chi connectivity index (χ3n) is 7.95. The van der Waals surface area contributed by atoms with Crippen molar-refractivity contribution >= 4 is 29.8 Å². The van der Waals surface area contributed by atoms with E-state index in [0.29, 0.717) is 6.42 Å². The van der Waals surface area contributed by atoms with Crippen molar-refractivity contribution < 1.29 is 57.5 Å². The third-order valence-corrected chi connectivity index (χ3v) is 7.95. The highest BCUT2D eigenvalue weighted by Crippen LogP contribution is 2.28. The van der Waals surface area contributed by atoms with Crippen molar-refractivity contribution in [1.82, 2.24) is 5.32 Å². The molecule has 1 fully saturated rings. The molecule has 0 aromatic heterocycles. The molecule has 13 nitrogen and oxygen atoms in total. The molecule has 48 heavy (non-hydrogen) atoms. The average Bonchev–Trinajstić information content (AvgIpc) is 3.01. The number of unbranched alkanes of at least 4 members (excludes halogenated alkanes) is 14. The number of carbonyl (C=O) groups excluding carboxylic acids is 5. The minimum Gasteiger partial charge on any atom is -0.463 e. The number of hydrogen-bond donors (Lipinski definition) is 2. The van der Waals surface area contributed by atoms with Crippen LogP contribution in [0.4, 0.5) is 0 Å². The topological polar surface area (TPSA) is 173 Å². The fraction of sp³-hybridized carbons (Fsp3) is 0.857. The summed E-state index contributed by atoms with van der Waals surface area (Å²) >= 11 is 0. The summed E-state index contributed by atoms with van der Waals surface area (Å²) in [6.45, 7) is 5.85. The van der Waals surface area contributed by atoms with Crippen molar-refractivity contribution in [3.8, 4) is 0 Å². The van der Waals surface area contributed by atoms with E-state index in [-0.39, 0.29) is 26.2 Å². The van der Waals surface area contributed by atoms with E-state index >= 15 is 0 Å². The maximum atomic E-state index is 12.2. The molecule has 1 saturated heterocycles. The van der Waals surface area contributed by atoms with Gasteiger partial charge in [0.1, 0.15) is 31.5 Å². The number of carbonyl (C=O) groups is 5. The highest BCUT2D eigenvalue weighted by Gasteiger charge is 2.51. The molecule has 0 radical (unpaired) electrons. The van der Waals surface area contributed by atoms with Crippen molar-refractivity contribution in [3.63, 3.8) is 0 Å². The summed E-state index contributed by atoms with van der Waals surface area (Å²) in [6.07, 6.45) is 12.5. The first-order valence-electron chi connectivity index (χ1n) is 17.8. The zero-order valence-corrected chi connectivity index (χ0v) is 29.8. The molecule has 0 spiro atoms. The van der Waals surface area contributed by atoms with Gasteiger partial charge >= 0.3 is 23.9 Å². The maximum Gasteiger partial charge on any atom is 0.305 e. The number of nitrogens with one attached hydrogen (secondary N) is 1. The Morgan fingerprint density at radius 2 is 1.17 bits per heavy atom. The Hall–Kier alpha value is -2.77.